The Morgan fingerprint density at radius 3 is 3.00 bits per heavy atom. The summed E-state index contributed by atoms with van der Waals surface area (Å²) < 4.78 is 5.58. The van der Waals surface area contributed by atoms with Gasteiger partial charge in [-0.3, -0.25) is 0 Å². The number of fused-ring (bicyclic) bond motifs is 6. The van der Waals surface area contributed by atoms with Gasteiger partial charge in [0.15, 0.2) is 0 Å². The third kappa shape index (κ3) is 1.12. The molecule has 0 radical (unpaired) electrons. The number of aryl methyl sites for hydroxylation is 1. The van der Waals surface area contributed by atoms with Crippen LogP contribution in [-0.2, 0) is 6.42 Å². The van der Waals surface area contributed by atoms with Crippen molar-refractivity contribution in [3.8, 4) is 5.75 Å². The Labute approximate surface area is 104 Å². The van der Waals surface area contributed by atoms with Crippen LogP contribution in [0.3, 0.4) is 0 Å². The summed E-state index contributed by atoms with van der Waals surface area (Å²) in [5.41, 5.74) is 3.34. The van der Waals surface area contributed by atoms with Crippen molar-refractivity contribution in [3.63, 3.8) is 0 Å². The number of rotatable bonds is 0. The molecule has 1 aliphatic carbocycles. The molecule has 0 bridgehead atoms. The number of phenols is 1. The third-order valence-corrected chi connectivity index (χ3v) is 3.72. The van der Waals surface area contributed by atoms with Gasteiger partial charge in [0.25, 0.3) is 0 Å². The molecule has 1 aliphatic rings. The van der Waals surface area contributed by atoms with Gasteiger partial charge in [0.05, 0.1) is 11.6 Å². The van der Waals surface area contributed by atoms with Crippen molar-refractivity contribution in [1.82, 2.24) is 0 Å². The fourth-order valence-corrected chi connectivity index (χ4v) is 2.94. The molecule has 1 heterocycles. The normalized spacial score (nSPS) is 14.2. The van der Waals surface area contributed by atoms with E-state index in [2.05, 4.69) is 18.2 Å². The average molecular weight is 236 g/mol. The molecule has 1 N–H and O–H groups in total. The predicted molar refractivity (Wildman–Crippen MR) is 72.7 cm³/mol. The van der Waals surface area contributed by atoms with E-state index in [0.717, 1.165) is 34.6 Å². The van der Waals surface area contributed by atoms with Crippen LogP contribution in [0.1, 0.15) is 17.5 Å². The van der Waals surface area contributed by atoms with E-state index in [1.165, 1.54) is 11.1 Å². The van der Waals surface area contributed by atoms with Crippen LogP contribution < -0.4 is 0 Å². The minimum atomic E-state index is 0.296. The molecule has 0 saturated carbocycles. The number of phenolic OH excluding ortho intramolecular Hbond substituents is 1. The van der Waals surface area contributed by atoms with Gasteiger partial charge in [-0.1, -0.05) is 24.3 Å². The maximum absolute atomic E-state index is 10.1. The number of hydrogen-bond acceptors (Lipinski definition) is 2. The highest BCUT2D eigenvalue weighted by atomic mass is 16.3. The predicted octanol–water partition coefficient (Wildman–Crippen LogP) is 4.25. The summed E-state index contributed by atoms with van der Waals surface area (Å²) >= 11 is 0. The Hall–Kier alpha value is -2.22. The van der Waals surface area contributed by atoms with E-state index in [-0.39, 0.29) is 0 Å². The summed E-state index contributed by atoms with van der Waals surface area (Å²) in [6.07, 6.45) is 8.14. The molecule has 2 heteroatoms. The molecule has 0 aliphatic heterocycles. The van der Waals surface area contributed by atoms with Crippen molar-refractivity contribution in [2.45, 2.75) is 12.8 Å². The van der Waals surface area contributed by atoms with Crippen molar-refractivity contribution >= 4 is 27.8 Å². The average Bonchev–Trinajstić information content (AvgIpc) is 2.88. The van der Waals surface area contributed by atoms with Crippen LogP contribution in [0.2, 0.25) is 0 Å². The monoisotopic (exact) mass is 236 g/mol. The van der Waals surface area contributed by atoms with Gasteiger partial charge >= 0.3 is 0 Å². The van der Waals surface area contributed by atoms with Crippen molar-refractivity contribution in [2.75, 3.05) is 0 Å². The van der Waals surface area contributed by atoms with Crippen LogP contribution in [0.15, 0.2) is 41.0 Å². The number of allylic oxidation sites excluding steroid dienone is 1. The summed E-state index contributed by atoms with van der Waals surface area (Å²) in [4.78, 5) is 0. The molecule has 1 aromatic heterocycles. The molecular weight excluding hydrogens is 224 g/mol. The first-order chi connectivity index (χ1) is 8.86. The van der Waals surface area contributed by atoms with Crippen LogP contribution in [0.5, 0.6) is 5.75 Å². The Balaban J connectivity index is 2.35. The zero-order valence-electron chi connectivity index (χ0n) is 9.81. The Morgan fingerprint density at radius 2 is 2.06 bits per heavy atom. The van der Waals surface area contributed by atoms with Gasteiger partial charge in [-0.25, -0.2) is 0 Å². The molecule has 2 nitrogen and oxygen atoms in total. The lowest BCUT2D eigenvalue weighted by atomic mass is 9.89. The zero-order valence-corrected chi connectivity index (χ0v) is 9.81. The summed E-state index contributed by atoms with van der Waals surface area (Å²) in [6, 6.07) is 7.66. The highest BCUT2D eigenvalue weighted by molar-refractivity contribution is 6.12. The minimum absolute atomic E-state index is 0.296. The summed E-state index contributed by atoms with van der Waals surface area (Å²) in [5, 5.41) is 13.2. The molecule has 0 saturated heterocycles. The van der Waals surface area contributed by atoms with Crippen LogP contribution in [-0.4, -0.2) is 5.11 Å². The summed E-state index contributed by atoms with van der Waals surface area (Å²) in [5.74, 6) is 0.296. The van der Waals surface area contributed by atoms with Crippen molar-refractivity contribution in [3.05, 3.63) is 47.7 Å². The van der Waals surface area contributed by atoms with Crippen molar-refractivity contribution in [2.24, 2.45) is 0 Å². The Kier molecular flexibility index (Phi) is 1.84. The molecule has 88 valence electrons. The van der Waals surface area contributed by atoms with Crippen LogP contribution in [0.4, 0.5) is 0 Å². The first kappa shape index (κ1) is 9.77. The van der Waals surface area contributed by atoms with E-state index < -0.39 is 0 Å². The Morgan fingerprint density at radius 1 is 1.11 bits per heavy atom. The first-order valence-corrected chi connectivity index (χ1v) is 6.16. The zero-order chi connectivity index (χ0) is 12.1. The summed E-state index contributed by atoms with van der Waals surface area (Å²) in [7, 11) is 0. The van der Waals surface area contributed by atoms with E-state index in [9.17, 15) is 5.11 Å². The highest BCUT2D eigenvalue weighted by Crippen LogP contribution is 2.40. The smallest absolute Gasteiger partial charge is 0.146 e. The molecule has 2 aromatic carbocycles. The number of hydrogen-bond donors (Lipinski definition) is 1. The maximum Gasteiger partial charge on any atom is 0.146 e. The number of benzene rings is 2. The van der Waals surface area contributed by atoms with Crippen LogP contribution >= 0.6 is 0 Å². The highest BCUT2D eigenvalue weighted by Gasteiger charge is 2.18. The quantitative estimate of drug-likeness (QED) is 0.633. The lowest BCUT2D eigenvalue weighted by molar-refractivity contribution is 0.481. The van der Waals surface area contributed by atoms with Gasteiger partial charge in [-0.2, -0.15) is 0 Å². The molecule has 4 rings (SSSR count). The van der Waals surface area contributed by atoms with Crippen LogP contribution in [0, 0.1) is 0 Å². The second-order valence-corrected chi connectivity index (χ2v) is 4.70. The van der Waals surface area contributed by atoms with Gasteiger partial charge in [-0.15, -0.1) is 0 Å². The molecule has 0 fully saturated rings. The van der Waals surface area contributed by atoms with Gasteiger partial charge in [-0.05, 0) is 41.5 Å². The second-order valence-electron chi connectivity index (χ2n) is 4.70. The van der Waals surface area contributed by atoms with Crippen molar-refractivity contribution < 1.29 is 9.52 Å². The van der Waals surface area contributed by atoms with Gasteiger partial charge in [0, 0.05) is 5.39 Å². The fourth-order valence-electron chi connectivity index (χ4n) is 2.94. The van der Waals surface area contributed by atoms with E-state index in [1.54, 1.807) is 12.3 Å². The van der Waals surface area contributed by atoms with E-state index in [4.69, 9.17) is 4.42 Å². The summed E-state index contributed by atoms with van der Waals surface area (Å²) in [6.45, 7) is 0. The fraction of sp³-hybridized carbons (Fsp3) is 0.125. The number of aromatic hydroxyl groups is 1. The molecular formula is C16H12O2. The topological polar surface area (TPSA) is 33.4 Å². The SMILES string of the molecule is Oc1cccc2c3c(c4ccoc4c12)C=CCC3. The van der Waals surface area contributed by atoms with Gasteiger partial charge in [0.2, 0.25) is 0 Å². The Bertz CT molecular complexity index is 794. The molecule has 0 spiro atoms. The maximum atomic E-state index is 10.1. The molecule has 0 unspecified atom stereocenters. The second kappa shape index (κ2) is 3.39. The lowest BCUT2D eigenvalue weighted by Gasteiger charge is -2.15. The van der Waals surface area contributed by atoms with E-state index >= 15 is 0 Å². The lowest BCUT2D eigenvalue weighted by Crippen LogP contribution is -1.96. The van der Waals surface area contributed by atoms with Crippen LogP contribution in [0.25, 0.3) is 27.8 Å². The molecule has 3 aromatic rings. The number of furan rings is 1. The van der Waals surface area contributed by atoms with E-state index in [0.29, 0.717) is 5.75 Å². The van der Waals surface area contributed by atoms with Gasteiger partial charge in [0.1, 0.15) is 11.3 Å². The minimum Gasteiger partial charge on any atom is -0.507 e. The van der Waals surface area contributed by atoms with Crippen molar-refractivity contribution in [1.29, 1.82) is 0 Å². The third-order valence-electron chi connectivity index (χ3n) is 3.72. The molecule has 0 atom stereocenters. The first-order valence-electron chi connectivity index (χ1n) is 6.16. The van der Waals surface area contributed by atoms with E-state index in [1.807, 2.05) is 12.1 Å². The molecule has 18 heavy (non-hydrogen) atoms. The van der Waals surface area contributed by atoms with Gasteiger partial charge < -0.3 is 9.52 Å². The standard InChI is InChI=1S/C16H12O2/c17-14-7-3-6-12-10-4-1-2-5-11(10)13-8-9-18-16(13)15(12)14/h2-3,5-9,17H,1,4H2. The largest absolute Gasteiger partial charge is 0.507 e. The molecule has 0 amide bonds.